The number of aromatic nitrogens is 4. The van der Waals surface area contributed by atoms with Crippen molar-refractivity contribution in [3.8, 4) is 6.07 Å². The van der Waals surface area contributed by atoms with Gasteiger partial charge in [0.25, 0.3) is 0 Å². The molecular formula is C12H17N7O. The first-order chi connectivity index (χ1) is 9.80. The number of hydrogen-bond acceptors (Lipinski definition) is 7. The summed E-state index contributed by atoms with van der Waals surface area (Å²) >= 11 is 0. The first-order valence-electron chi connectivity index (χ1n) is 6.30. The Hall–Kier alpha value is -2.40. The molecule has 106 valence electrons. The molecule has 2 N–H and O–H groups in total. The molecule has 0 aliphatic rings. The molecule has 0 fully saturated rings. The van der Waals surface area contributed by atoms with Crippen LogP contribution in [0.25, 0.3) is 11.2 Å². The number of ether oxygens (including phenoxy) is 1. The smallest absolute Gasteiger partial charge is 0.226 e. The van der Waals surface area contributed by atoms with Gasteiger partial charge >= 0.3 is 0 Å². The summed E-state index contributed by atoms with van der Waals surface area (Å²) in [6.45, 7) is 1.78. The largest absolute Gasteiger partial charge is 0.383 e. The fraction of sp³-hybridized carbons (Fsp3) is 0.500. The van der Waals surface area contributed by atoms with Crippen LogP contribution in [0.2, 0.25) is 0 Å². The number of imidazole rings is 1. The van der Waals surface area contributed by atoms with Gasteiger partial charge in [-0.15, -0.1) is 0 Å². The van der Waals surface area contributed by atoms with E-state index in [0.717, 1.165) is 11.3 Å². The molecule has 0 saturated heterocycles. The molecule has 0 aliphatic heterocycles. The van der Waals surface area contributed by atoms with E-state index < -0.39 is 0 Å². The molecule has 0 unspecified atom stereocenters. The number of H-pyrrole nitrogens is 1. The van der Waals surface area contributed by atoms with Gasteiger partial charge in [-0.25, -0.2) is 4.98 Å². The van der Waals surface area contributed by atoms with Crippen molar-refractivity contribution in [2.24, 2.45) is 0 Å². The van der Waals surface area contributed by atoms with Crippen molar-refractivity contribution in [3.63, 3.8) is 0 Å². The second-order valence-corrected chi connectivity index (χ2v) is 4.11. The van der Waals surface area contributed by atoms with Gasteiger partial charge in [-0.1, -0.05) is 0 Å². The predicted molar refractivity (Wildman–Crippen MR) is 75.5 cm³/mol. The summed E-state index contributed by atoms with van der Waals surface area (Å²) in [4.78, 5) is 17.9. The molecule has 0 aliphatic carbocycles. The van der Waals surface area contributed by atoms with Gasteiger partial charge in [-0.2, -0.15) is 15.2 Å². The van der Waals surface area contributed by atoms with Crippen molar-refractivity contribution in [1.82, 2.24) is 19.9 Å². The summed E-state index contributed by atoms with van der Waals surface area (Å²) in [6, 6.07) is 2.15. The fourth-order valence-electron chi connectivity index (χ4n) is 1.87. The highest BCUT2D eigenvalue weighted by Crippen LogP contribution is 2.22. The van der Waals surface area contributed by atoms with E-state index >= 15 is 0 Å². The summed E-state index contributed by atoms with van der Waals surface area (Å²) < 4.78 is 5.11. The van der Waals surface area contributed by atoms with Crippen molar-refractivity contribution >= 4 is 22.9 Å². The highest BCUT2D eigenvalue weighted by atomic mass is 16.5. The van der Waals surface area contributed by atoms with Crippen LogP contribution in [0.15, 0.2) is 6.33 Å². The number of aromatic amines is 1. The van der Waals surface area contributed by atoms with Crippen molar-refractivity contribution in [3.05, 3.63) is 6.33 Å². The lowest BCUT2D eigenvalue weighted by Gasteiger charge is -2.22. The average Bonchev–Trinajstić information content (AvgIpc) is 2.95. The van der Waals surface area contributed by atoms with E-state index in [1.54, 1.807) is 20.5 Å². The molecule has 0 atom stereocenters. The van der Waals surface area contributed by atoms with Gasteiger partial charge in [0, 0.05) is 27.2 Å². The third-order valence-corrected chi connectivity index (χ3v) is 2.85. The summed E-state index contributed by atoms with van der Waals surface area (Å²) in [7, 11) is 3.40. The van der Waals surface area contributed by atoms with E-state index in [9.17, 15) is 0 Å². The monoisotopic (exact) mass is 275 g/mol. The average molecular weight is 275 g/mol. The Kier molecular flexibility index (Phi) is 4.68. The van der Waals surface area contributed by atoms with Crippen LogP contribution in [0.5, 0.6) is 0 Å². The summed E-state index contributed by atoms with van der Waals surface area (Å²) in [5.41, 5.74) is 1.36. The lowest BCUT2D eigenvalue weighted by molar-refractivity contribution is 0.205. The van der Waals surface area contributed by atoms with Crippen LogP contribution in [0.1, 0.15) is 6.42 Å². The van der Waals surface area contributed by atoms with Crippen molar-refractivity contribution < 1.29 is 4.74 Å². The normalized spacial score (nSPS) is 10.4. The minimum absolute atomic E-state index is 0.415. The maximum atomic E-state index is 8.79. The number of rotatable bonds is 7. The molecule has 0 amide bonds. The highest BCUT2D eigenvalue weighted by molar-refractivity contribution is 5.84. The molecule has 0 saturated carbocycles. The number of fused-ring (bicyclic) bond motifs is 1. The molecular weight excluding hydrogens is 258 g/mol. The van der Waals surface area contributed by atoms with Crippen LogP contribution in [0.3, 0.4) is 0 Å². The molecule has 0 aromatic carbocycles. The maximum absolute atomic E-state index is 8.79. The number of nitriles is 1. The zero-order valence-corrected chi connectivity index (χ0v) is 11.6. The molecule has 0 radical (unpaired) electrons. The summed E-state index contributed by atoms with van der Waals surface area (Å²) in [5.74, 6) is 1.23. The van der Waals surface area contributed by atoms with Gasteiger partial charge < -0.3 is 19.9 Å². The minimum atomic E-state index is 0.415. The van der Waals surface area contributed by atoms with Crippen LogP contribution in [0, 0.1) is 11.3 Å². The van der Waals surface area contributed by atoms with E-state index in [2.05, 4.69) is 31.3 Å². The second-order valence-electron chi connectivity index (χ2n) is 4.11. The number of methoxy groups -OCH3 is 1. The number of nitrogens with zero attached hydrogens (tertiary/aromatic N) is 5. The number of anilines is 2. The first-order valence-corrected chi connectivity index (χ1v) is 6.30. The molecule has 2 heterocycles. The van der Waals surface area contributed by atoms with Crippen molar-refractivity contribution in [2.45, 2.75) is 6.42 Å². The molecule has 2 aromatic heterocycles. The lowest BCUT2D eigenvalue weighted by atomic mass is 10.3. The molecule has 2 aromatic rings. The van der Waals surface area contributed by atoms with Gasteiger partial charge in [-0.3, -0.25) is 0 Å². The highest BCUT2D eigenvalue weighted by Gasteiger charge is 2.15. The third kappa shape index (κ3) is 2.95. The Bertz CT molecular complexity index is 603. The van der Waals surface area contributed by atoms with Gasteiger partial charge in [0.1, 0.15) is 5.52 Å². The van der Waals surface area contributed by atoms with E-state index in [1.807, 2.05) is 4.90 Å². The predicted octanol–water partition coefficient (Wildman–Crippen LogP) is 0.761. The molecule has 8 heteroatoms. The summed E-state index contributed by atoms with van der Waals surface area (Å²) in [5, 5.41) is 11.7. The minimum Gasteiger partial charge on any atom is -0.383 e. The Balaban J connectivity index is 2.39. The van der Waals surface area contributed by atoms with Gasteiger partial charge in [0.15, 0.2) is 11.5 Å². The van der Waals surface area contributed by atoms with Gasteiger partial charge in [0.2, 0.25) is 5.95 Å². The Labute approximate surface area is 116 Å². The Morgan fingerprint density at radius 3 is 3.00 bits per heavy atom. The van der Waals surface area contributed by atoms with Gasteiger partial charge in [0.05, 0.1) is 25.4 Å². The quantitative estimate of drug-likeness (QED) is 0.769. The van der Waals surface area contributed by atoms with Crippen molar-refractivity contribution in [1.29, 1.82) is 5.26 Å². The standard InChI is InChI=1S/C12H17N7O/c1-14-12-17-10-9(15-8-16-10)11(18-12)19(5-3-4-13)6-7-20-2/h8H,3,5-7H2,1-2H3,(H2,14,15,16,17,18). The van der Waals surface area contributed by atoms with E-state index in [4.69, 9.17) is 10.00 Å². The SMILES string of the molecule is CNc1nc(N(CCC#N)CCOC)c2[nH]cnc2n1. The lowest BCUT2D eigenvalue weighted by Crippen LogP contribution is -2.29. The zero-order chi connectivity index (χ0) is 14.4. The van der Waals surface area contributed by atoms with Crippen LogP contribution >= 0.6 is 0 Å². The Morgan fingerprint density at radius 1 is 1.45 bits per heavy atom. The van der Waals surface area contributed by atoms with E-state index in [1.165, 1.54) is 0 Å². The third-order valence-electron chi connectivity index (χ3n) is 2.85. The van der Waals surface area contributed by atoms with Crippen LogP contribution in [-0.2, 0) is 4.74 Å². The van der Waals surface area contributed by atoms with Crippen molar-refractivity contribution in [2.75, 3.05) is 44.1 Å². The molecule has 0 bridgehead atoms. The van der Waals surface area contributed by atoms with Crippen LogP contribution < -0.4 is 10.2 Å². The molecule has 8 nitrogen and oxygen atoms in total. The topological polar surface area (TPSA) is 103 Å². The number of nitrogens with one attached hydrogen (secondary N) is 2. The molecule has 0 spiro atoms. The zero-order valence-electron chi connectivity index (χ0n) is 11.6. The molecule has 2 rings (SSSR count). The number of hydrogen-bond donors (Lipinski definition) is 2. The first kappa shape index (κ1) is 14.0. The fourth-order valence-corrected chi connectivity index (χ4v) is 1.87. The Morgan fingerprint density at radius 2 is 2.30 bits per heavy atom. The maximum Gasteiger partial charge on any atom is 0.226 e. The van der Waals surface area contributed by atoms with Crippen LogP contribution in [-0.4, -0.2) is 53.8 Å². The second kappa shape index (κ2) is 6.68. The molecule has 20 heavy (non-hydrogen) atoms. The summed E-state index contributed by atoms with van der Waals surface area (Å²) in [6.07, 6.45) is 2.00. The van der Waals surface area contributed by atoms with E-state index in [-0.39, 0.29) is 0 Å². The van der Waals surface area contributed by atoms with Gasteiger partial charge in [-0.05, 0) is 0 Å². The van der Waals surface area contributed by atoms with Crippen LogP contribution in [0.4, 0.5) is 11.8 Å². The van der Waals surface area contributed by atoms with E-state index in [0.29, 0.717) is 37.7 Å².